The molecule has 0 aliphatic rings. The van der Waals surface area contributed by atoms with Gasteiger partial charge >= 0.3 is 5.97 Å². The summed E-state index contributed by atoms with van der Waals surface area (Å²) >= 11 is 0. The molecule has 0 aliphatic carbocycles. The fraction of sp³-hybridized carbons (Fsp3) is 0.333. The van der Waals surface area contributed by atoms with Crippen molar-refractivity contribution < 1.29 is 36.3 Å². The molecule has 0 radical (unpaired) electrons. The molecule has 0 atom stereocenters. The predicted octanol–water partition coefficient (Wildman–Crippen LogP) is 2.20. The number of carbonyl (C=O) groups excluding carboxylic acids is 2. The van der Waals surface area contributed by atoms with Crippen LogP contribution in [0.15, 0.2) is 0 Å². The zero-order chi connectivity index (χ0) is 16.2. The lowest BCUT2D eigenvalue weighted by Crippen LogP contribution is -2.28. The summed E-state index contributed by atoms with van der Waals surface area (Å²) in [6.07, 6.45) is -0.335. The van der Waals surface area contributed by atoms with Gasteiger partial charge in [-0.3, -0.25) is 9.59 Å². The van der Waals surface area contributed by atoms with Gasteiger partial charge in [0.15, 0.2) is 0 Å². The molecule has 0 saturated carbocycles. The minimum absolute atomic E-state index is 0.259. The number of benzene rings is 1. The zero-order valence-corrected chi connectivity index (χ0v) is 10.7. The third-order valence-corrected chi connectivity index (χ3v) is 2.26. The lowest BCUT2D eigenvalue weighted by atomic mass is 10.2. The van der Waals surface area contributed by atoms with Crippen LogP contribution < -0.4 is 10.1 Å². The highest BCUT2D eigenvalue weighted by Crippen LogP contribution is 2.29. The average molecular weight is 311 g/mol. The van der Waals surface area contributed by atoms with Crippen LogP contribution in [-0.4, -0.2) is 18.4 Å². The number of halogens is 5. The van der Waals surface area contributed by atoms with E-state index in [-0.39, 0.29) is 6.54 Å². The first-order chi connectivity index (χ1) is 9.79. The molecule has 1 N–H and O–H groups in total. The van der Waals surface area contributed by atoms with E-state index in [4.69, 9.17) is 0 Å². The van der Waals surface area contributed by atoms with Crippen LogP contribution in [0.1, 0.15) is 19.8 Å². The van der Waals surface area contributed by atoms with Crippen LogP contribution in [0.4, 0.5) is 22.0 Å². The van der Waals surface area contributed by atoms with Crippen molar-refractivity contribution in [3.05, 3.63) is 29.1 Å². The fourth-order valence-corrected chi connectivity index (χ4v) is 1.28. The van der Waals surface area contributed by atoms with Crippen molar-refractivity contribution in [1.82, 2.24) is 5.32 Å². The fourth-order valence-electron chi connectivity index (χ4n) is 1.28. The second-order valence-corrected chi connectivity index (χ2v) is 3.90. The van der Waals surface area contributed by atoms with Crippen LogP contribution in [-0.2, 0) is 9.59 Å². The van der Waals surface area contributed by atoms with Gasteiger partial charge in [-0.1, -0.05) is 6.92 Å². The Balaban J connectivity index is 2.89. The molecule has 9 heteroatoms. The molecular weight excluding hydrogens is 301 g/mol. The van der Waals surface area contributed by atoms with Gasteiger partial charge in [0.1, 0.15) is 6.42 Å². The summed E-state index contributed by atoms with van der Waals surface area (Å²) in [6.45, 7) is 2.00. The monoisotopic (exact) mass is 311 g/mol. The Labute approximate surface area is 115 Å². The number of hydrogen-bond acceptors (Lipinski definition) is 3. The van der Waals surface area contributed by atoms with E-state index in [2.05, 4.69) is 10.1 Å². The van der Waals surface area contributed by atoms with Gasteiger partial charge < -0.3 is 10.1 Å². The lowest BCUT2D eigenvalue weighted by Gasteiger charge is -2.08. The summed E-state index contributed by atoms with van der Waals surface area (Å²) in [5.74, 6) is -15.4. The SMILES string of the molecule is CCCNC(=O)CC(=O)Oc1c(F)c(F)c(F)c(F)c1F. The normalized spacial score (nSPS) is 10.4. The Morgan fingerprint density at radius 1 is 0.952 bits per heavy atom. The molecule has 1 rings (SSSR count). The highest BCUT2D eigenvalue weighted by molar-refractivity contribution is 5.95. The van der Waals surface area contributed by atoms with Gasteiger partial charge in [0, 0.05) is 6.54 Å². The van der Waals surface area contributed by atoms with Gasteiger partial charge in [-0.2, -0.15) is 8.78 Å². The van der Waals surface area contributed by atoms with Crippen LogP contribution in [0.2, 0.25) is 0 Å². The second-order valence-electron chi connectivity index (χ2n) is 3.90. The molecule has 0 spiro atoms. The van der Waals surface area contributed by atoms with E-state index in [1.165, 1.54) is 0 Å². The standard InChI is InChI=1S/C12H10F5NO3/c1-2-3-18-5(19)4-6(20)21-12-10(16)8(14)7(13)9(15)11(12)17/h2-4H2,1H3,(H,18,19). The number of carbonyl (C=O) groups is 2. The average Bonchev–Trinajstić information content (AvgIpc) is 2.45. The molecule has 4 nitrogen and oxygen atoms in total. The van der Waals surface area contributed by atoms with E-state index in [0.717, 1.165) is 0 Å². The summed E-state index contributed by atoms with van der Waals surface area (Å²) in [4.78, 5) is 22.4. The first-order valence-corrected chi connectivity index (χ1v) is 5.78. The molecule has 116 valence electrons. The minimum Gasteiger partial charge on any atom is -0.420 e. The molecule has 1 amide bonds. The Morgan fingerprint density at radius 2 is 1.43 bits per heavy atom. The van der Waals surface area contributed by atoms with E-state index >= 15 is 0 Å². The van der Waals surface area contributed by atoms with Crippen LogP contribution in [0.5, 0.6) is 5.75 Å². The van der Waals surface area contributed by atoms with Crippen molar-refractivity contribution in [2.45, 2.75) is 19.8 Å². The molecule has 0 aromatic heterocycles. The van der Waals surface area contributed by atoms with Gasteiger partial charge in [-0.25, -0.2) is 13.2 Å². The van der Waals surface area contributed by atoms with Gasteiger partial charge in [0.2, 0.25) is 40.7 Å². The van der Waals surface area contributed by atoms with Crippen molar-refractivity contribution in [3.8, 4) is 5.75 Å². The van der Waals surface area contributed by atoms with Gasteiger partial charge in [-0.05, 0) is 6.42 Å². The number of esters is 1. The van der Waals surface area contributed by atoms with Crippen LogP contribution in [0, 0.1) is 29.1 Å². The number of rotatable bonds is 5. The first kappa shape index (κ1) is 16.9. The van der Waals surface area contributed by atoms with Crippen LogP contribution in [0.3, 0.4) is 0 Å². The minimum atomic E-state index is -2.37. The van der Waals surface area contributed by atoms with Gasteiger partial charge in [0.05, 0.1) is 0 Å². The smallest absolute Gasteiger partial charge is 0.320 e. The first-order valence-electron chi connectivity index (χ1n) is 5.78. The van der Waals surface area contributed by atoms with E-state index in [1.54, 1.807) is 6.92 Å². The van der Waals surface area contributed by atoms with E-state index in [1.807, 2.05) is 0 Å². The topological polar surface area (TPSA) is 55.4 Å². The van der Waals surface area contributed by atoms with Crippen molar-refractivity contribution in [2.75, 3.05) is 6.54 Å². The van der Waals surface area contributed by atoms with Crippen molar-refractivity contribution in [2.24, 2.45) is 0 Å². The van der Waals surface area contributed by atoms with Crippen LogP contribution in [0.25, 0.3) is 0 Å². The molecule has 0 saturated heterocycles. The third kappa shape index (κ3) is 3.89. The molecular formula is C12H10F5NO3. The second kappa shape index (κ2) is 7.00. The summed E-state index contributed by atoms with van der Waals surface area (Å²) in [5.41, 5.74) is 0. The molecule has 1 aromatic carbocycles. The molecule has 0 unspecified atom stereocenters. The maximum absolute atomic E-state index is 13.2. The Kier molecular flexibility index (Phi) is 5.62. The van der Waals surface area contributed by atoms with Crippen molar-refractivity contribution in [3.63, 3.8) is 0 Å². The summed E-state index contributed by atoms with van der Waals surface area (Å²) in [6, 6.07) is 0. The summed E-state index contributed by atoms with van der Waals surface area (Å²) < 4.78 is 68.9. The van der Waals surface area contributed by atoms with Crippen molar-refractivity contribution in [1.29, 1.82) is 0 Å². The van der Waals surface area contributed by atoms with Crippen LogP contribution >= 0.6 is 0 Å². The number of ether oxygens (including phenoxy) is 1. The van der Waals surface area contributed by atoms with E-state index in [9.17, 15) is 31.5 Å². The quantitative estimate of drug-likeness (QED) is 0.226. The number of nitrogens with one attached hydrogen (secondary N) is 1. The number of hydrogen-bond donors (Lipinski definition) is 1. The zero-order valence-electron chi connectivity index (χ0n) is 10.7. The van der Waals surface area contributed by atoms with Gasteiger partial charge in [-0.15, -0.1) is 0 Å². The lowest BCUT2D eigenvalue weighted by molar-refractivity contribution is -0.138. The predicted molar refractivity (Wildman–Crippen MR) is 59.8 cm³/mol. The molecule has 0 aliphatic heterocycles. The Bertz CT molecular complexity index is 547. The van der Waals surface area contributed by atoms with E-state index in [0.29, 0.717) is 6.42 Å². The Hall–Kier alpha value is -2.19. The molecule has 0 fully saturated rings. The highest BCUT2D eigenvalue weighted by Gasteiger charge is 2.28. The van der Waals surface area contributed by atoms with Gasteiger partial charge in [0.25, 0.3) is 0 Å². The molecule has 1 aromatic rings. The highest BCUT2D eigenvalue weighted by atomic mass is 19.2. The molecule has 21 heavy (non-hydrogen) atoms. The number of amides is 1. The Morgan fingerprint density at radius 3 is 1.90 bits per heavy atom. The maximum Gasteiger partial charge on any atom is 0.320 e. The summed E-state index contributed by atoms with van der Waals surface area (Å²) in [5, 5.41) is 2.27. The largest absolute Gasteiger partial charge is 0.420 e. The summed E-state index contributed by atoms with van der Waals surface area (Å²) in [7, 11) is 0. The third-order valence-electron chi connectivity index (χ3n) is 2.26. The maximum atomic E-state index is 13.2. The molecule has 0 bridgehead atoms. The van der Waals surface area contributed by atoms with Crippen molar-refractivity contribution >= 4 is 11.9 Å². The van der Waals surface area contributed by atoms with E-state index < -0.39 is 53.1 Å². The molecule has 0 heterocycles.